The third kappa shape index (κ3) is 5.00. The standard InChI is InChI=1S/C13H23N5O/c14-4-1-5-15-12-8-13(18-10-17-12)16-9-11-2-6-19-7-3-11/h8,10-11H,1-7,9,14H2,(H2,15,16,17,18). The van der Waals surface area contributed by atoms with Gasteiger partial charge >= 0.3 is 0 Å². The van der Waals surface area contributed by atoms with Crippen LogP contribution in [0.1, 0.15) is 19.3 Å². The van der Waals surface area contributed by atoms with Gasteiger partial charge in [0.15, 0.2) is 0 Å². The number of rotatable bonds is 7. The molecular formula is C13H23N5O. The van der Waals surface area contributed by atoms with Crippen molar-refractivity contribution in [3.8, 4) is 0 Å². The molecule has 0 aromatic carbocycles. The number of hydrogen-bond donors (Lipinski definition) is 3. The predicted molar refractivity (Wildman–Crippen MR) is 76.2 cm³/mol. The normalized spacial score (nSPS) is 16.3. The van der Waals surface area contributed by atoms with Gasteiger partial charge < -0.3 is 21.1 Å². The molecule has 0 amide bonds. The minimum Gasteiger partial charge on any atom is -0.381 e. The smallest absolute Gasteiger partial charge is 0.131 e. The van der Waals surface area contributed by atoms with Gasteiger partial charge in [-0.05, 0) is 31.7 Å². The molecule has 1 aliphatic heterocycles. The molecule has 1 aliphatic rings. The van der Waals surface area contributed by atoms with Crippen LogP contribution in [0, 0.1) is 5.92 Å². The summed E-state index contributed by atoms with van der Waals surface area (Å²) < 4.78 is 5.35. The van der Waals surface area contributed by atoms with E-state index in [0.717, 1.165) is 57.2 Å². The van der Waals surface area contributed by atoms with Crippen LogP contribution in [0.3, 0.4) is 0 Å². The van der Waals surface area contributed by atoms with Crippen molar-refractivity contribution in [1.82, 2.24) is 9.97 Å². The molecule has 0 spiro atoms. The van der Waals surface area contributed by atoms with Gasteiger partial charge in [-0.25, -0.2) is 9.97 Å². The quantitative estimate of drug-likeness (QED) is 0.640. The van der Waals surface area contributed by atoms with Crippen LogP contribution < -0.4 is 16.4 Å². The van der Waals surface area contributed by atoms with E-state index in [0.29, 0.717) is 12.5 Å². The molecule has 4 N–H and O–H groups in total. The van der Waals surface area contributed by atoms with E-state index in [2.05, 4.69) is 20.6 Å². The van der Waals surface area contributed by atoms with Gasteiger partial charge in [-0.15, -0.1) is 0 Å². The van der Waals surface area contributed by atoms with Gasteiger partial charge in [0.25, 0.3) is 0 Å². The van der Waals surface area contributed by atoms with Crippen LogP contribution in [0.5, 0.6) is 0 Å². The molecule has 2 heterocycles. The molecule has 0 radical (unpaired) electrons. The average molecular weight is 265 g/mol. The first-order valence-corrected chi connectivity index (χ1v) is 6.96. The number of nitrogens with two attached hydrogens (primary N) is 1. The van der Waals surface area contributed by atoms with E-state index in [1.54, 1.807) is 6.33 Å². The lowest BCUT2D eigenvalue weighted by molar-refractivity contribution is 0.0699. The number of nitrogens with one attached hydrogen (secondary N) is 2. The van der Waals surface area contributed by atoms with Gasteiger partial charge in [-0.2, -0.15) is 0 Å². The Hall–Kier alpha value is -1.40. The maximum atomic E-state index is 5.46. The highest BCUT2D eigenvalue weighted by Crippen LogP contribution is 2.16. The predicted octanol–water partition coefficient (Wildman–Crippen LogP) is 1.08. The molecule has 1 fully saturated rings. The first-order valence-electron chi connectivity index (χ1n) is 6.96. The van der Waals surface area contributed by atoms with Gasteiger partial charge in [0.05, 0.1) is 0 Å². The molecule has 19 heavy (non-hydrogen) atoms. The fraction of sp³-hybridized carbons (Fsp3) is 0.692. The summed E-state index contributed by atoms with van der Waals surface area (Å²) in [6.45, 7) is 4.23. The number of hydrogen-bond acceptors (Lipinski definition) is 6. The number of aromatic nitrogens is 2. The van der Waals surface area contributed by atoms with Gasteiger partial charge in [0.1, 0.15) is 18.0 Å². The fourth-order valence-corrected chi connectivity index (χ4v) is 2.07. The largest absolute Gasteiger partial charge is 0.381 e. The monoisotopic (exact) mass is 265 g/mol. The lowest BCUT2D eigenvalue weighted by Gasteiger charge is -2.22. The van der Waals surface area contributed by atoms with E-state index >= 15 is 0 Å². The maximum Gasteiger partial charge on any atom is 0.131 e. The highest BCUT2D eigenvalue weighted by molar-refractivity contribution is 5.46. The summed E-state index contributed by atoms with van der Waals surface area (Å²) in [5, 5.41) is 6.61. The number of nitrogens with zero attached hydrogens (tertiary/aromatic N) is 2. The van der Waals surface area contributed by atoms with Crippen molar-refractivity contribution in [2.45, 2.75) is 19.3 Å². The Morgan fingerprint density at radius 1 is 1.21 bits per heavy atom. The third-order valence-electron chi connectivity index (χ3n) is 3.27. The summed E-state index contributed by atoms with van der Waals surface area (Å²) in [4.78, 5) is 8.42. The molecule has 0 bridgehead atoms. The SMILES string of the molecule is NCCCNc1cc(NCC2CCOCC2)ncn1. The summed E-state index contributed by atoms with van der Waals surface area (Å²) in [6, 6.07) is 1.94. The van der Waals surface area contributed by atoms with E-state index < -0.39 is 0 Å². The zero-order chi connectivity index (χ0) is 13.3. The van der Waals surface area contributed by atoms with Crippen LogP contribution in [-0.4, -0.2) is 42.8 Å². The minimum atomic E-state index is 0.678. The topological polar surface area (TPSA) is 85.1 Å². The van der Waals surface area contributed by atoms with E-state index in [1.165, 1.54) is 0 Å². The molecule has 0 saturated carbocycles. The van der Waals surface area contributed by atoms with Crippen LogP contribution in [0.4, 0.5) is 11.6 Å². The van der Waals surface area contributed by atoms with Gasteiger partial charge in [0.2, 0.25) is 0 Å². The zero-order valence-electron chi connectivity index (χ0n) is 11.3. The summed E-state index contributed by atoms with van der Waals surface area (Å²) in [6.07, 6.45) is 4.77. The Kier molecular flexibility index (Phi) is 5.84. The van der Waals surface area contributed by atoms with E-state index in [4.69, 9.17) is 10.5 Å². The van der Waals surface area contributed by atoms with Crippen molar-refractivity contribution >= 4 is 11.6 Å². The lowest BCUT2D eigenvalue weighted by atomic mass is 10.0. The van der Waals surface area contributed by atoms with Crippen LogP contribution in [0.15, 0.2) is 12.4 Å². The molecule has 6 nitrogen and oxygen atoms in total. The molecule has 0 atom stereocenters. The van der Waals surface area contributed by atoms with Crippen LogP contribution >= 0.6 is 0 Å². The Labute approximate surface area is 114 Å². The van der Waals surface area contributed by atoms with Crippen LogP contribution in [0.25, 0.3) is 0 Å². The second-order valence-electron chi connectivity index (χ2n) is 4.79. The van der Waals surface area contributed by atoms with E-state index in [9.17, 15) is 0 Å². The summed E-state index contributed by atoms with van der Waals surface area (Å²) in [7, 11) is 0. The van der Waals surface area contributed by atoms with Gasteiger partial charge in [0, 0.05) is 32.4 Å². The first kappa shape index (κ1) is 14.0. The van der Waals surface area contributed by atoms with Crippen LogP contribution in [0.2, 0.25) is 0 Å². The highest BCUT2D eigenvalue weighted by atomic mass is 16.5. The van der Waals surface area contributed by atoms with Gasteiger partial charge in [-0.1, -0.05) is 0 Å². The molecule has 1 saturated heterocycles. The highest BCUT2D eigenvalue weighted by Gasteiger charge is 2.13. The molecule has 6 heteroatoms. The summed E-state index contributed by atoms with van der Waals surface area (Å²) in [5.41, 5.74) is 5.46. The van der Waals surface area contributed by atoms with Crippen LogP contribution in [-0.2, 0) is 4.74 Å². The molecule has 1 aromatic rings. The Morgan fingerprint density at radius 3 is 2.68 bits per heavy atom. The molecular weight excluding hydrogens is 242 g/mol. The van der Waals surface area contributed by atoms with Crippen molar-refractivity contribution in [2.24, 2.45) is 11.7 Å². The Bertz CT molecular complexity index is 368. The second kappa shape index (κ2) is 7.91. The summed E-state index contributed by atoms with van der Waals surface area (Å²) >= 11 is 0. The van der Waals surface area contributed by atoms with Crippen molar-refractivity contribution in [3.63, 3.8) is 0 Å². The van der Waals surface area contributed by atoms with Crippen molar-refractivity contribution in [3.05, 3.63) is 12.4 Å². The first-order chi connectivity index (χ1) is 9.38. The Morgan fingerprint density at radius 2 is 1.95 bits per heavy atom. The average Bonchev–Trinajstić information content (AvgIpc) is 2.47. The lowest BCUT2D eigenvalue weighted by Crippen LogP contribution is -2.23. The number of anilines is 2. The maximum absolute atomic E-state index is 5.46. The van der Waals surface area contributed by atoms with E-state index in [1.807, 2.05) is 6.07 Å². The van der Waals surface area contributed by atoms with Crippen molar-refractivity contribution in [2.75, 3.05) is 43.5 Å². The molecule has 0 unspecified atom stereocenters. The third-order valence-corrected chi connectivity index (χ3v) is 3.27. The molecule has 2 rings (SSSR count). The summed E-state index contributed by atoms with van der Waals surface area (Å²) in [5.74, 6) is 2.40. The Balaban J connectivity index is 1.77. The molecule has 0 aliphatic carbocycles. The minimum absolute atomic E-state index is 0.678. The fourth-order valence-electron chi connectivity index (χ4n) is 2.07. The van der Waals surface area contributed by atoms with Gasteiger partial charge in [-0.3, -0.25) is 0 Å². The zero-order valence-corrected chi connectivity index (χ0v) is 11.3. The molecule has 1 aromatic heterocycles. The number of ether oxygens (including phenoxy) is 1. The van der Waals surface area contributed by atoms with Crippen molar-refractivity contribution in [1.29, 1.82) is 0 Å². The molecule has 106 valence electrons. The van der Waals surface area contributed by atoms with E-state index in [-0.39, 0.29) is 0 Å². The second-order valence-corrected chi connectivity index (χ2v) is 4.79. The van der Waals surface area contributed by atoms with Crippen molar-refractivity contribution < 1.29 is 4.74 Å².